The van der Waals surface area contributed by atoms with E-state index in [1.54, 1.807) is 4.90 Å². The molecule has 0 aliphatic carbocycles. The van der Waals surface area contributed by atoms with Gasteiger partial charge in [-0.1, -0.05) is 56.7 Å². The van der Waals surface area contributed by atoms with Crippen LogP contribution in [0.25, 0.3) is 11.1 Å². The molecule has 0 saturated carbocycles. The molecule has 0 bridgehead atoms. The van der Waals surface area contributed by atoms with Crippen LogP contribution in [0.1, 0.15) is 74.4 Å². The van der Waals surface area contributed by atoms with Gasteiger partial charge in [0.05, 0.1) is 12.7 Å². The number of nitrogens with one attached hydrogen (secondary N) is 1. The number of hydrogen-bond acceptors (Lipinski definition) is 4. The maximum absolute atomic E-state index is 13.1. The summed E-state index contributed by atoms with van der Waals surface area (Å²) >= 11 is 0. The van der Waals surface area contributed by atoms with Crippen LogP contribution in [-0.2, 0) is 9.53 Å². The van der Waals surface area contributed by atoms with Crippen LogP contribution in [0, 0.1) is 5.92 Å². The second-order valence-corrected chi connectivity index (χ2v) is 9.95. The molecule has 0 radical (unpaired) electrons. The zero-order chi connectivity index (χ0) is 24.8. The van der Waals surface area contributed by atoms with Crippen molar-refractivity contribution in [2.24, 2.45) is 5.92 Å². The molecular weight excluding hydrogens is 438 g/mol. The van der Waals surface area contributed by atoms with Gasteiger partial charge in [-0.2, -0.15) is 0 Å². The molecule has 2 amide bonds. The van der Waals surface area contributed by atoms with Gasteiger partial charge in [0.1, 0.15) is 0 Å². The van der Waals surface area contributed by atoms with Crippen LogP contribution in [0.3, 0.4) is 0 Å². The number of ether oxygens (including phenoxy) is 1. The fourth-order valence-corrected chi connectivity index (χ4v) is 5.18. The molecule has 188 valence electrons. The predicted octanol–water partition coefficient (Wildman–Crippen LogP) is 5.21. The van der Waals surface area contributed by atoms with Crippen LogP contribution in [0.4, 0.5) is 0 Å². The molecular formula is C29H39N3O3. The minimum absolute atomic E-state index is 0.00938. The van der Waals surface area contributed by atoms with Gasteiger partial charge in [0.15, 0.2) is 0 Å². The standard InChI is InChI=1S/C29H39N3O3/c1-4-6-21-7-16-27(35-20-21)24-12-8-22(9-13-24)23-10-14-25(15-11-23)29(34)31(3)26-17-18-32(19-26)30-28(33)5-2/h8-15,21,26-27H,4-7,16-20H2,1-3H3,(H,30,33)/t21?,26-,27?/m1/s1. The van der Waals surface area contributed by atoms with Gasteiger partial charge in [-0.05, 0) is 60.4 Å². The Morgan fingerprint density at radius 3 is 2.29 bits per heavy atom. The van der Waals surface area contributed by atoms with Crippen molar-refractivity contribution in [1.82, 2.24) is 15.3 Å². The number of likely N-dealkylation sites (N-methyl/N-ethyl adjacent to an activating group) is 1. The molecule has 0 spiro atoms. The Morgan fingerprint density at radius 1 is 1.00 bits per heavy atom. The lowest BCUT2D eigenvalue weighted by Crippen LogP contribution is -2.44. The van der Waals surface area contributed by atoms with Crippen molar-refractivity contribution in [3.8, 4) is 11.1 Å². The van der Waals surface area contributed by atoms with Crippen LogP contribution < -0.4 is 5.43 Å². The first-order chi connectivity index (χ1) is 17.0. The summed E-state index contributed by atoms with van der Waals surface area (Å²) in [5, 5.41) is 1.91. The van der Waals surface area contributed by atoms with Crippen LogP contribution >= 0.6 is 0 Å². The fraction of sp³-hybridized carbons (Fsp3) is 0.517. The van der Waals surface area contributed by atoms with Crippen molar-refractivity contribution < 1.29 is 14.3 Å². The lowest BCUT2D eigenvalue weighted by Gasteiger charge is -2.29. The van der Waals surface area contributed by atoms with Crippen molar-refractivity contribution in [2.75, 3.05) is 26.7 Å². The molecule has 6 heteroatoms. The maximum Gasteiger partial charge on any atom is 0.253 e. The molecule has 2 fully saturated rings. The summed E-state index contributed by atoms with van der Waals surface area (Å²) in [5.74, 6) is 0.733. The van der Waals surface area contributed by atoms with Crippen molar-refractivity contribution in [2.45, 2.75) is 64.5 Å². The highest BCUT2D eigenvalue weighted by Crippen LogP contribution is 2.33. The number of hydrazine groups is 1. The predicted molar refractivity (Wildman–Crippen MR) is 139 cm³/mol. The first-order valence-corrected chi connectivity index (χ1v) is 13.1. The van der Waals surface area contributed by atoms with Gasteiger partial charge in [-0.25, -0.2) is 5.01 Å². The first-order valence-electron chi connectivity index (χ1n) is 13.1. The van der Waals surface area contributed by atoms with E-state index in [0.717, 1.165) is 37.1 Å². The average Bonchev–Trinajstić information content (AvgIpc) is 3.37. The van der Waals surface area contributed by atoms with Gasteiger partial charge in [0, 0.05) is 38.2 Å². The van der Waals surface area contributed by atoms with Crippen LogP contribution in [0.15, 0.2) is 48.5 Å². The molecule has 3 atom stereocenters. The molecule has 1 N–H and O–H groups in total. The van der Waals surface area contributed by atoms with Gasteiger partial charge in [-0.3, -0.25) is 15.0 Å². The van der Waals surface area contributed by atoms with E-state index in [1.165, 1.54) is 24.8 Å². The van der Waals surface area contributed by atoms with Gasteiger partial charge in [-0.15, -0.1) is 0 Å². The Morgan fingerprint density at radius 2 is 1.69 bits per heavy atom. The Bertz CT molecular complexity index is 981. The molecule has 35 heavy (non-hydrogen) atoms. The first kappa shape index (κ1) is 25.4. The van der Waals surface area contributed by atoms with Gasteiger partial charge < -0.3 is 9.64 Å². The highest BCUT2D eigenvalue weighted by Gasteiger charge is 2.29. The van der Waals surface area contributed by atoms with E-state index in [4.69, 9.17) is 4.74 Å². The highest BCUT2D eigenvalue weighted by molar-refractivity contribution is 5.94. The number of hydrogen-bond donors (Lipinski definition) is 1. The largest absolute Gasteiger partial charge is 0.373 e. The zero-order valence-corrected chi connectivity index (χ0v) is 21.3. The summed E-state index contributed by atoms with van der Waals surface area (Å²) < 4.78 is 6.15. The molecule has 0 aromatic heterocycles. The summed E-state index contributed by atoms with van der Waals surface area (Å²) in [6, 6.07) is 16.6. The monoisotopic (exact) mass is 477 g/mol. The number of benzene rings is 2. The van der Waals surface area contributed by atoms with E-state index in [0.29, 0.717) is 24.4 Å². The summed E-state index contributed by atoms with van der Waals surface area (Å²) in [5.41, 5.74) is 7.06. The summed E-state index contributed by atoms with van der Waals surface area (Å²) in [4.78, 5) is 26.5. The summed E-state index contributed by atoms with van der Waals surface area (Å²) in [6.45, 7) is 6.36. The Kier molecular flexibility index (Phi) is 8.58. The van der Waals surface area contributed by atoms with Crippen LogP contribution in [-0.4, -0.2) is 54.5 Å². The highest BCUT2D eigenvalue weighted by atomic mass is 16.5. The van der Waals surface area contributed by atoms with Gasteiger partial charge >= 0.3 is 0 Å². The van der Waals surface area contributed by atoms with Crippen LogP contribution in [0.2, 0.25) is 0 Å². The van der Waals surface area contributed by atoms with Crippen molar-refractivity contribution >= 4 is 11.8 Å². The molecule has 2 heterocycles. The number of nitrogens with zero attached hydrogens (tertiary/aromatic N) is 2. The quantitative estimate of drug-likeness (QED) is 0.567. The van der Waals surface area contributed by atoms with Crippen LogP contribution in [0.5, 0.6) is 0 Å². The Balaban J connectivity index is 1.33. The number of rotatable bonds is 8. The number of carbonyl (C=O) groups is 2. The smallest absolute Gasteiger partial charge is 0.253 e. The summed E-state index contributed by atoms with van der Waals surface area (Å²) in [7, 11) is 1.85. The fourth-order valence-electron chi connectivity index (χ4n) is 5.18. The molecule has 2 saturated heterocycles. The average molecular weight is 478 g/mol. The van der Waals surface area contributed by atoms with Gasteiger partial charge in [0.25, 0.3) is 5.91 Å². The zero-order valence-electron chi connectivity index (χ0n) is 21.3. The third-order valence-corrected chi connectivity index (χ3v) is 7.45. The molecule has 2 aromatic carbocycles. The molecule has 2 aliphatic heterocycles. The second kappa shape index (κ2) is 11.8. The van der Waals surface area contributed by atoms with Crippen molar-refractivity contribution in [1.29, 1.82) is 0 Å². The number of amides is 2. The molecule has 2 aliphatic rings. The SMILES string of the molecule is CCCC1CCC(c2ccc(-c3ccc(C(=O)N(C)[C@@H]4CCN(NC(=O)CC)C4)cc3)cc2)OC1. The second-order valence-electron chi connectivity index (χ2n) is 9.95. The van der Waals surface area contributed by atoms with E-state index in [2.05, 4.69) is 36.6 Å². The molecule has 4 rings (SSSR count). The van der Waals surface area contributed by atoms with Crippen molar-refractivity contribution in [3.05, 3.63) is 59.7 Å². The minimum Gasteiger partial charge on any atom is -0.373 e. The maximum atomic E-state index is 13.1. The van der Waals surface area contributed by atoms with E-state index < -0.39 is 0 Å². The Labute approximate surface area is 209 Å². The molecule has 2 unspecified atom stereocenters. The van der Waals surface area contributed by atoms with Crippen molar-refractivity contribution in [3.63, 3.8) is 0 Å². The number of carbonyl (C=O) groups excluding carboxylic acids is 2. The van der Waals surface area contributed by atoms with Gasteiger partial charge in [0.2, 0.25) is 5.91 Å². The normalized spacial score (nSPS) is 22.7. The molecule has 6 nitrogen and oxygen atoms in total. The van der Waals surface area contributed by atoms with E-state index in [9.17, 15) is 9.59 Å². The van der Waals surface area contributed by atoms with E-state index >= 15 is 0 Å². The topological polar surface area (TPSA) is 61.9 Å². The molecule has 2 aromatic rings. The van der Waals surface area contributed by atoms with E-state index in [-0.39, 0.29) is 24.0 Å². The minimum atomic E-state index is 0.00938. The third kappa shape index (κ3) is 6.30. The van der Waals surface area contributed by atoms with E-state index in [1.807, 2.05) is 43.2 Å². The lowest BCUT2D eigenvalue weighted by atomic mass is 9.91. The summed E-state index contributed by atoms with van der Waals surface area (Å²) in [6.07, 6.45) is 6.34. The Hall–Kier alpha value is -2.70. The third-order valence-electron chi connectivity index (χ3n) is 7.45. The lowest BCUT2D eigenvalue weighted by molar-refractivity contribution is -0.125.